The van der Waals surface area contributed by atoms with Gasteiger partial charge in [-0.3, -0.25) is 10.1 Å². The first-order valence-corrected chi connectivity index (χ1v) is 18.4. The van der Waals surface area contributed by atoms with Crippen LogP contribution in [0, 0.1) is 10.1 Å². The molecule has 0 spiro atoms. The molecule has 16 nitrogen and oxygen atoms in total. The number of carbonyl (C=O) groups is 3. The highest BCUT2D eigenvalue weighted by Gasteiger charge is 2.36. The van der Waals surface area contributed by atoms with E-state index in [1.54, 1.807) is 43.8 Å². The summed E-state index contributed by atoms with van der Waals surface area (Å²) in [5.74, 6) is 0.812. The molecule has 2 heterocycles. The summed E-state index contributed by atoms with van der Waals surface area (Å²) in [5.41, 5.74) is -0.904. The summed E-state index contributed by atoms with van der Waals surface area (Å²) in [6.45, 7) is 19.0. The standard InChI is InChI=1S/C39H54N6O10/c1-25(41-34(46)54-38(5,6)7)12-11-21-51-32-23-28(19-20-40-32)43(35(47)55-39(8,9)10)33-24-31(42-44(33)37(2,3)4)26-13-16-30(22-26)53-36(48)52-29-17-14-27(15-18-29)45(49)50/h14-15,17-20,23-26,30H,11-13,16,21-22H2,1-10H3,(H,41,46)/t25?,26-,30+/m0/s1. The molecule has 2 aromatic heterocycles. The molecule has 2 amide bonds. The summed E-state index contributed by atoms with van der Waals surface area (Å²) in [6, 6.07) is 10.2. The second-order valence-corrected chi connectivity index (χ2v) is 16.6. The SMILES string of the molecule is CC(CCCOc1cc(N(C(=O)OC(C)(C)C)c2cc([C@H]3CC[C@@H](OC(=O)Oc4ccc([N+](=O)[O-])cc4)C3)nn2C(C)(C)C)ccn1)NC(=O)OC(C)(C)C. The van der Waals surface area contributed by atoms with E-state index >= 15 is 0 Å². The van der Waals surface area contributed by atoms with Crippen LogP contribution in [0.2, 0.25) is 0 Å². The number of aromatic nitrogens is 3. The molecule has 1 saturated carbocycles. The smallest absolute Gasteiger partial charge is 0.478 e. The fourth-order valence-electron chi connectivity index (χ4n) is 5.85. The number of amides is 2. The maximum absolute atomic E-state index is 14.0. The molecule has 1 aliphatic carbocycles. The molecular formula is C39H54N6O10. The monoisotopic (exact) mass is 766 g/mol. The van der Waals surface area contributed by atoms with E-state index in [2.05, 4.69) is 10.3 Å². The summed E-state index contributed by atoms with van der Waals surface area (Å²) in [4.78, 5) is 54.9. The van der Waals surface area contributed by atoms with Crippen LogP contribution in [0.15, 0.2) is 48.7 Å². The van der Waals surface area contributed by atoms with Crippen LogP contribution in [0.5, 0.6) is 11.6 Å². The maximum atomic E-state index is 14.0. The highest BCUT2D eigenvalue weighted by molar-refractivity contribution is 5.95. The highest BCUT2D eigenvalue weighted by Crippen LogP contribution is 2.40. The minimum absolute atomic E-state index is 0.0939. The summed E-state index contributed by atoms with van der Waals surface area (Å²) in [5, 5.41) is 18.7. The number of nitro groups is 1. The van der Waals surface area contributed by atoms with Gasteiger partial charge in [0.2, 0.25) is 5.88 Å². The quantitative estimate of drug-likeness (QED) is 0.0461. The average Bonchev–Trinajstić information content (AvgIpc) is 3.70. The molecule has 3 aromatic rings. The minimum Gasteiger partial charge on any atom is -0.478 e. The van der Waals surface area contributed by atoms with Crippen LogP contribution in [0.1, 0.15) is 113 Å². The van der Waals surface area contributed by atoms with Gasteiger partial charge in [0.1, 0.15) is 28.9 Å². The third kappa shape index (κ3) is 12.9. The lowest BCUT2D eigenvalue weighted by molar-refractivity contribution is -0.384. The van der Waals surface area contributed by atoms with Crippen molar-refractivity contribution in [3.8, 4) is 11.6 Å². The number of hydrogen-bond donors (Lipinski definition) is 1. The lowest BCUT2D eigenvalue weighted by Gasteiger charge is -2.30. The van der Waals surface area contributed by atoms with Gasteiger partial charge in [-0.25, -0.2) is 28.9 Å². The van der Waals surface area contributed by atoms with Gasteiger partial charge in [-0.2, -0.15) is 5.10 Å². The number of benzene rings is 1. The number of hydrogen-bond acceptors (Lipinski definition) is 12. The summed E-state index contributed by atoms with van der Waals surface area (Å²) >= 11 is 0. The molecule has 0 saturated heterocycles. The second-order valence-electron chi connectivity index (χ2n) is 16.6. The molecule has 1 N–H and O–H groups in total. The molecule has 55 heavy (non-hydrogen) atoms. The molecule has 1 aromatic carbocycles. The topological polar surface area (TPSA) is 186 Å². The Balaban J connectivity index is 1.50. The molecular weight excluding hydrogens is 712 g/mol. The Hall–Kier alpha value is -5.41. The summed E-state index contributed by atoms with van der Waals surface area (Å²) < 4.78 is 29.9. The zero-order valence-corrected chi connectivity index (χ0v) is 33.4. The van der Waals surface area contributed by atoms with Crippen molar-refractivity contribution >= 4 is 35.5 Å². The highest BCUT2D eigenvalue weighted by atomic mass is 16.7. The lowest BCUT2D eigenvalue weighted by atomic mass is 10.0. The van der Waals surface area contributed by atoms with E-state index in [1.165, 1.54) is 29.2 Å². The Kier molecular flexibility index (Phi) is 13.4. The largest absolute Gasteiger partial charge is 0.514 e. The fourth-order valence-corrected chi connectivity index (χ4v) is 5.85. The van der Waals surface area contributed by atoms with E-state index in [0.717, 1.165) is 0 Å². The zero-order valence-electron chi connectivity index (χ0n) is 33.4. The molecule has 1 fully saturated rings. The first kappa shape index (κ1) is 42.3. The number of pyridine rings is 1. The van der Waals surface area contributed by atoms with Crippen molar-refractivity contribution in [3.63, 3.8) is 0 Å². The number of nitrogens with zero attached hydrogens (tertiary/aromatic N) is 5. The van der Waals surface area contributed by atoms with E-state index in [-0.39, 0.29) is 23.4 Å². The number of non-ortho nitro benzene ring substituents is 1. The van der Waals surface area contributed by atoms with Gasteiger partial charge in [0.25, 0.3) is 5.69 Å². The van der Waals surface area contributed by atoms with Gasteiger partial charge in [0.15, 0.2) is 0 Å². The van der Waals surface area contributed by atoms with Crippen molar-refractivity contribution in [1.29, 1.82) is 0 Å². The summed E-state index contributed by atoms with van der Waals surface area (Å²) in [6.07, 6.45) is 2.09. The van der Waals surface area contributed by atoms with Gasteiger partial charge >= 0.3 is 18.3 Å². The zero-order chi connectivity index (χ0) is 40.7. The third-order valence-corrected chi connectivity index (χ3v) is 8.24. The van der Waals surface area contributed by atoms with E-state index in [4.69, 9.17) is 28.8 Å². The summed E-state index contributed by atoms with van der Waals surface area (Å²) in [7, 11) is 0. The van der Waals surface area contributed by atoms with Crippen LogP contribution >= 0.6 is 0 Å². The van der Waals surface area contributed by atoms with Crippen molar-refractivity contribution in [2.45, 2.75) is 136 Å². The number of ether oxygens (including phenoxy) is 5. The Labute approximate surface area is 322 Å². The first-order valence-electron chi connectivity index (χ1n) is 18.4. The van der Waals surface area contributed by atoms with Crippen molar-refractivity contribution in [2.75, 3.05) is 11.5 Å². The van der Waals surface area contributed by atoms with Crippen molar-refractivity contribution in [1.82, 2.24) is 20.1 Å². The number of nitrogens with one attached hydrogen (secondary N) is 1. The third-order valence-electron chi connectivity index (χ3n) is 8.24. The molecule has 300 valence electrons. The average molecular weight is 767 g/mol. The minimum atomic E-state index is -0.904. The molecule has 3 atom stereocenters. The Bertz CT molecular complexity index is 1810. The van der Waals surface area contributed by atoms with Crippen LogP contribution in [-0.2, 0) is 19.7 Å². The molecule has 1 aliphatic rings. The van der Waals surface area contributed by atoms with Crippen LogP contribution < -0.4 is 19.7 Å². The molecule has 16 heteroatoms. The molecule has 0 radical (unpaired) electrons. The van der Waals surface area contributed by atoms with Crippen LogP contribution in [0.25, 0.3) is 0 Å². The van der Waals surface area contributed by atoms with Gasteiger partial charge in [-0.15, -0.1) is 0 Å². The van der Waals surface area contributed by atoms with Crippen molar-refractivity contribution < 1.29 is 43.0 Å². The Morgan fingerprint density at radius 2 is 1.65 bits per heavy atom. The number of anilines is 2. The van der Waals surface area contributed by atoms with E-state index in [0.29, 0.717) is 61.8 Å². The lowest BCUT2D eigenvalue weighted by Crippen LogP contribution is -2.37. The predicted molar refractivity (Wildman–Crippen MR) is 204 cm³/mol. The fraction of sp³-hybridized carbons (Fsp3) is 0.564. The van der Waals surface area contributed by atoms with Gasteiger partial charge < -0.3 is 29.0 Å². The van der Waals surface area contributed by atoms with E-state index in [9.17, 15) is 24.5 Å². The molecule has 0 bridgehead atoms. The Morgan fingerprint density at radius 3 is 2.27 bits per heavy atom. The second kappa shape index (κ2) is 17.4. The number of nitro benzene ring substituents is 1. The molecule has 1 unspecified atom stereocenters. The van der Waals surface area contributed by atoms with Gasteiger partial charge in [-0.05, 0) is 120 Å². The van der Waals surface area contributed by atoms with Gasteiger partial charge in [0, 0.05) is 42.4 Å². The van der Waals surface area contributed by atoms with Crippen LogP contribution in [0.3, 0.4) is 0 Å². The number of alkyl carbamates (subject to hydrolysis) is 1. The first-order chi connectivity index (χ1) is 25.6. The number of carbonyl (C=O) groups excluding carboxylic acids is 3. The van der Waals surface area contributed by atoms with Crippen LogP contribution in [0.4, 0.5) is 31.6 Å². The number of rotatable bonds is 12. The maximum Gasteiger partial charge on any atom is 0.514 e. The van der Waals surface area contributed by atoms with Gasteiger partial charge in [-0.1, -0.05) is 0 Å². The van der Waals surface area contributed by atoms with Crippen LogP contribution in [-0.4, -0.2) is 68.0 Å². The predicted octanol–water partition coefficient (Wildman–Crippen LogP) is 8.94. The van der Waals surface area contributed by atoms with Crippen molar-refractivity contribution in [2.24, 2.45) is 0 Å². The molecule has 4 rings (SSSR count). The normalized spacial score (nSPS) is 16.5. The Morgan fingerprint density at radius 1 is 0.982 bits per heavy atom. The van der Waals surface area contributed by atoms with E-state index < -0.39 is 46.1 Å². The van der Waals surface area contributed by atoms with E-state index in [1.807, 2.05) is 54.5 Å². The molecule has 0 aliphatic heterocycles. The van der Waals surface area contributed by atoms with Crippen molar-refractivity contribution in [3.05, 3.63) is 64.5 Å². The van der Waals surface area contributed by atoms with Gasteiger partial charge in [0.05, 0.1) is 28.5 Å².